The number of aliphatic imine (C=N–C) groups is 1. The Kier molecular flexibility index (Phi) is 5.44. The second-order valence-corrected chi connectivity index (χ2v) is 3.16. The summed E-state index contributed by atoms with van der Waals surface area (Å²) in [6.07, 6.45) is 3.30. The van der Waals surface area contributed by atoms with Crippen LogP contribution in [0.2, 0.25) is 0 Å². The third-order valence-corrected chi connectivity index (χ3v) is 1.38. The Balaban J connectivity index is 4.54. The molecule has 0 saturated carbocycles. The fraction of sp³-hybridized carbons (Fsp3) is 0.500. The lowest BCUT2D eigenvalue weighted by atomic mass is 10.2. The van der Waals surface area contributed by atoms with Crippen LogP contribution < -0.4 is 5.32 Å². The maximum Gasteiger partial charge on any atom is 0.244 e. The van der Waals surface area contributed by atoms with Crippen LogP contribution in [0.5, 0.6) is 0 Å². The predicted molar refractivity (Wildman–Crippen MR) is 55.9 cm³/mol. The number of rotatable bonds is 2. The molecule has 0 aliphatic carbocycles. The number of amidine groups is 1. The number of nitrogens with zero attached hydrogens (tertiary/aromatic N) is 1. The molecule has 0 radical (unpaired) electrons. The summed E-state index contributed by atoms with van der Waals surface area (Å²) >= 11 is 0. The molecule has 0 rings (SSSR count). The molecule has 0 fully saturated rings. The van der Waals surface area contributed by atoms with Crippen LogP contribution in [0.15, 0.2) is 17.1 Å². The lowest BCUT2D eigenvalue weighted by Crippen LogP contribution is -2.33. The van der Waals surface area contributed by atoms with Gasteiger partial charge in [-0.3, -0.25) is 9.59 Å². The minimum Gasteiger partial charge on any atom is -0.310 e. The van der Waals surface area contributed by atoms with Crippen molar-refractivity contribution in [2.45, 2.75) is 27.7 Å². The summed E-state index contributed by atoms with van der Waals surface area (Å²) in [6, 6.07) is 0. The van der Waals surface area contributed by atoms with Crippen LogP contribution in [0, 0.1) is 5.92 Å². The van der Waals surface area contributed by atoms with Gasteiger partial charge in [0.05, 0.1) is 0 Å². The number of hydrogen-bond donors (Lipinski definition) is 1. The summed E-state index contributed by atoms with van der Waals surface area (Å²) in [6.45, 7) is 6.68. The van der Waals surface area contributed by atoms with E-state index in [9.17, 15) is 9.59 Å². The maximum absolute atomic E-state index is 11.3. The fourth-order valence-electron chi connectivity index (χ4n) is 0.705. The largest absolute Gasteiger partial charge is 0.310 e. The van der Waals surface area contributed by atoms with Crippen molar-refractivity contribution >= 4 is 17.6 Å². The number of nitrogens with one attached hydrogen (secondary N) is 1. The lowest BCUT2D eigenvalue weighted by molar-refractivity contribution is -0.122. The minimum atomic E-state index is -0.331. The van der Waals surface area contributed by atoms with Crippen molar-refractivity contribution < 1.29 is 9.59 Å². The molecular weight excluding hydrogens is 180 g/mol. The molecule has 0 unspecified atom stereocenters. The molecule has 0 spiro atoms. The van der Waals surface area contributed by atoms with Crippen molar-refractivity contribution in [1.29, 1.82) is 0 Å². The summed E-state index contributed by atoms with van der Waals surface area (Å²) < 4.78 is 0. The SMILES string of the molecule is C/C=C\C(=N/C(C)=O)NC(=O)C(C)C. The molecule has 0 aliphatic rings. The standard InChI is InChI=1S/C10H16N2O2/c1-5-6-9(11-8(4)13)12-10(14)7(2)3/h5-7H,1-4H3,(H,11,12,13,14)/b6-5-. The van der Waals surface area contributed by atoms with Crippen LogP contribution in [0.3, 0.4) is 0 Å². The number of amides is 2. The zero-order valence-corrected chi connectivity index (χ0v) is 9.00. The van der Waals surface area contributed by atoms with E-state index in [1.165, 1.54) is 6.92 Å². The first kappa shape index (κ1) is 12.6. The first-order valence-electron chi connectivity index (χ1n) is 4.50. The van der Waals surface area contributed by atoms with Gasteiger partial charge in [-0.05, 0) is 13.0 Å². The molecular formula is C10H16N2O2. The van der Waals surface area contributed by atoms with E-state index in [1.807, 2.05) is 0 Å². The zero-order valence-electron chi connectivity index (χ0n) is 9.00. The third kappa shape index (κ3) is 5.24. The minimum absolute atomic E-state index is 0.127. The average Bonchev–Trinajstić information content (AvgIpc) is 2.02. The van der Waals surface area contributed by atoms with E-state index in [-0.39, 0.29) is 17.7 Å². The Morgan fingerprint density at radius 3 is 2.29 bits per heavy atom. The second-order valence-electron chi connectivity index (χ2n) is 3.16. The normalized spacial score (nSPS) is 12.2. The van der Waals surface area contributed by atoms with Gasteiger partial charge in [0.2, 0.25) is 11.8 Å². The van der Waals surface area contributed by atoms with Crippen LogP contribution >= 0.6 is 0 Å². The molecule has 0 bridgehead atoms. The van der Waals surface area contributed by atoms with E-state index in [0.717, 1.165) is 0 Å². The van der Waals surface area contributed by atoms with E-state index < -0.39 is 0 Å². The van der Waals surface area contributed by atoms with Gasteiger partial charge in [0.15, 0.2) is 0 Å². The van der Waals surface area contributed by atoms with Crippen molar-refractivity contribution in [2.24, 2.45) is 10.9 Å². The number of allylic oxidation sites excluding steroid dienone is 1. The zero-order chi connectivity index (χ0) is 11.1. The maximum atomic E-state index is 11.3. The fourth-order valence-corrected chi connectivity index (χ4v) is 0.705. The molecule has 2 amide bonds. The molecule has 14 heavy (non-hydrogen) atoms. The van der Waals surface area contributed by atoms with E-state index in [4.69, 9.17) is 0 Å². The molecule has 0 saturated heterocycles. The van der Waals surface area contributed by atoms with Crippen LogP contribution in [-0.2, 0) is 9.59 Å². The van der Waals surface area contributed by atoms with Gasteiger partial charge in [-0.15, -0.1) is 0 Å². The van der Waals surface area contributed by atoms with Crippen molar-refractivity contribution in [1.82, 2.24) is 5.32 Å². The Labute approximate surface area is 84.1 Å². The van der Waals surface area contributed by atoms with Crippen LogP contribution in [0.4, 0.5) is 0 Å². The van der Waals surface area contributed by atoms with Gasteiger partial charge in [0.1, 0.15) is 5.84 Å². The average molecular weight is 196 g/mol. The lowest BCUT2D eigenvalue weighted by Gasteiger charge is -2.06. The van der Waals surface area contributed by atoms with Crippen molar-refractivity contribution in [3.63, 3.8) is 0 Å². The summed E-state index contributed by atoms with van der Waals surface area (Å²) in [7, 11) is 0. The van der Waals surface area contributed by atoms with E-state index in [2.05, 4.69) is 10.3 Å². The van der Waals surface area contributed by atoms with Gasteiger partial charge in [-0.1, -0.05) is 19.9 Å². The molecule has 78 valence electrons. The van der Waals surface area contributed by atoms with Gasteiger partial charge in [-0.25, -0.2) is 0 Å². The molecule has 0 atom stereocenters. The summed E-state index contributed by atoms with van der Waals surface area (Å²) in [5, 5.41) is 2.55. The molecule has 0 aromatic carbocycles. The molecule has 0 heterocycles. The van der Waals surface area contributed by atoms with E-state index >= 15 is 0 Å². The second kappa shape index (κ2) is 6.07. The number of hydrogen-bond acceptors (Lipinski definition) is 2. The van der Waals surface area contributed by atoms with Crippen molar-refractivity contribution in [3.05, 3.63) is 12.2 Å². The van der Waals surface area contributed by atoms with Gasteiger partial charge in [0, 0.05) is 12.8 Å². The van der Waals surface area contributed by atoms with Gasteiger partial charge < -0.3 is 5.32 Å². The Morgan fingerprint density at radius 1 is 1.36 bits per heavy atom. The van der Waals surface area contributed by atoms with Crippen molar-refractivity contribution in [3.8, 4) is 0 Å². The highest BCUT2D eigenvalue weighted by atomic mass is 16.2. The predicted octanol–water partition coefficient (Wildman–Crippen LogP) is 1.28. The Hall–Kier alpha value is -1.45. The number of carbonyl (C=O) groups excluding carboxylic acids is 2. The molecule has 0 aromatic heterocycles. The highest BCUT2D eigenvalue weighted by Gasteiger charge is 2.08. The topological polar surface area (TPSA) is 58.5 Å². The molecule has 1 N–H and O–H groups in total. The highest BCUT2D eigenvalue weighted by molar-refractivity contribution is 6.08. The molecule has 0 aliphatic heterocycles. The summed E-state index contributed by atoms with van der Waals surface area (Å²) in [5.74, 6) is -0.318. The quantitative estimate of drug-likeness (QED) is 0.534. The van der Waals surface area contributed by atoms with Crippen LogP contribution in [-0.4, -0.2) is 17.6 Å². The molecule has 4 heteroatoms. The first-order chi connectivity index (χ1) is 6.47. The van der Waals surface area contributed by atoms with Gasteiger partial charge in [-0.2, -0.15) is 4.99 Å². The summed E-state index contributed by atoms with van der Waals surface area (Å²) in [5.41, 5.74) is 0. The number of carbonyl (C=O) groups is 2. The van der Waals surface area contributed by atoms with Gasteiger partial charge in [0.25, 0.3) is 0 Å². The molecule has 0 aromatic rings. The van der Waals surface area contributed by atoms with Crippen LogP contribution in [0.25, 0.3) is 0 Å². The first-order valence-corrected chi connectivity index (χ1v) is 4.50. The molecule has 4 nitrogen and oxygen atoms in total. The van der Waals surface area contributed by atoms with E-state index in [1.54, 1.807) is 32.9 Å². The van der Waals surface area contributed by atoms with Gasteiger partial charge >= 0.3 is 0 Å². The highest BCUT2D eigenvalue weighted by Crippen LogP contribution is 1.91. The smallest absolute Gasteiger partial charge is 0.244 e. The Bertz CT molecular complexity index is 278. The summed E-state index contributed by atoms with van der Waals surface area (Å²) in [4.78, 5) is 25.6. The van der Waals surface area contributed by atoms with Crippen molar-refractivity contribution in [2.75, 3.05) is 0 Å². The monoisotopic (exact) mass is 196 g/mol. The van der Waals surface area contributed by atoms with E-state index in [0.29, 0.717) is 5.84 Å². The van der Waals surface area contributed by atoms with Crippen LogP contribution in [0.1, 0.15) is 27.7 Å². The Morgan fingerprint density at radius 2 is 1.93 bits per heavy atom. The third-order valence-electron chi connectivity index (χ3n) is 1.38.